The van der Waals surface area contributed by atoms with E-state index >= 15 is 0 Å². The van der Waals surface area contributed by atoms with E-state index in [1.54, 1.807) is 18.2 Å². The van der Waals surface area contributed by atoms with Crippen LogP contribution in [0.5, 0.6) is 11.5 Å². The van der Waals surface area contributed by atoms with Crippen molar-refractivity contribution in [2.24, 2.45) is 0 Å². The summed E-state index contributed by atoms with van der Waals surface area (Å²) in [6.07, 6.45) is -0.757. The standard InChI is InChI=1S/C21H19NO3/c23-19(16-9-3-1-4-10-16)15-22-21(24)18-13-7-8-14-20(18)25-17-11-5-2-6-12-17/h1-14,19,23H,15H2,(H,22,24)/t19-/m0/s1. The Kier molecular flexibility index (Phi) is 5.44. The first kappa shape index (κ1) is 16.7. The monoisotopic (exact) mass is 333 g/mol. The Morgan fingerprint density at radius 1 is 0.880 bits per heavy atom. The van der Waals surface area contributed by atoms with Gasteiger partial charge < -0.3 is 15.2 Å². The lowest BCUT2D eigenvalue weighted by molar-refractivity contribution is 0.0914. The number of benzene rings is 3. The molecule has 0 radical (unpaired) electrons. The van der Waals surface area contributed by atoms with E-state index in [1.165, 1.54) is 0 Å². The highest BCUT2D eigenvalue weighted by atomic mass is 16.5. The molecular formula is C21H19NO3. The van der Waals surface area contributed by atoms with Gasteiger partial charge in [0, 0.05) is 6.54 Å². The molecule has 0 spiro atoms. The van der Waals surface area contributed by atoms with Crippen LogP contribution in [0.2, 0.25) is 0 Å². The molecule has 2 N–H and O–H groups in total. The Bertz CT molecular complexity index is 819. The highest BCUT2D eigenvalue weighted by Crippen LogP contribution is 2.25. The molecule has 1 atom stereocenters. The maximum absolute atomic E-state index is 12.5. The molecule has 0 aliphatic rings. The van der Waals surface area contributed by atoms with Crippen molar-refractivity contribution in [2.45, 2.75) is 6.10 Å². The fourth-order valence-electron chi connectivity index (χ4n) is 2.44. The van der Waals surface area contributed by atoms with Crippen LogP contribution in [0.4, 0.5) is 0 Å². The van der Waals surface area contributed by atoms with Gasteiger partial charge in [-0.3, -0.25) is 4.79 Å². The number of aliphatic hydroxyl groups excluding tert-OH is 1. The molecule has 3 aromatic rings. The van der Waals surface area contributed by atoms with Gasteiger partial charge in [-0.25, -0.2) is 0 Å². The van der Waals surface area contributed by atoms with Crippen molar-refractivity contribution < 1.29 is 14.6 Å². The summed E-state index contributed by atoms with van der Waals surface area (Å²) in [5.41, 5.74) is 1.18. The summed E-state index contributed by atoms with van der Waals surface area (Å²) in [4.78, 5) is 12.5. The molecule has 0 bridgehead atoms. The van der Waals surface area contributed by atoms with Crippen molar-refractivity contribution in [1.82, 2.24) is 5.32 Å². The van der Waals surface area contributed by atoms with Gasteiger partial charge in [0.25, 0.3) is 5.91 Å². The number of aliphatic hydroxyl groups is 1. The van der Waals surface area contributed by atoms with Gasteiger partial charge in [-0.2, -0.15) is 0 Å². The summed E-state index contributed by atoms with van der Waals surface area (Å²) < 4.78 is 5.80. The van der Waals surface area contributed by atoms with E-state index in [9.17, 15) is 9.90 Å². The third-order valence-corrected chi connectivity index (χ3v) is 3.74. The number of carbonyl (C=O) groups is 1. The van der Waals surface area contributed by atoms with Crippen LogP contribution in [0, 0.1) is 0 Å². The molecule has 0 saturated heterocycles. The average Bonchev–Trinajstić information content (AvgIpc) is 2.68. The first-order chi connectivity index (χ1) is 12.2. The van der Waals surface area contributed by atoms with Gasteiger partial charge in [0.2, 0.25) is 0 Å². The topological polar surface area (TPSA) is 58.6 Å². The molecule has 0 aromatic heterocycles. The number of carbonyl (C=O) groups excluding carboxylic acids is 1. The molecule has 1 amide bonds. The van der Waals surface area contributed by atoms with E-state index in [-0.39, 0.29) is 12.5 Å². The number of rotatable bonds is 6. The molecule has 0 heterocycles. The minimum atomic E-state index is -0.757. The molecule has 3 aromatic carbocycles. The van der Waals surface area contributed by atoms with Gasteiger partial charge in [0.1, 0.15) is 11.5 Å². The van der Waals surface area contributed by atoms with Crippen molar-refractivity contribution in [3.63, 3.8) is 0 Å². The number of amides is 1. The maximum atomic E-state index is 12.5. The Hall–Kier alpha value is -3.11. The summed E-state index contributed by atoms with van der Waals surface area (Å²) in [7, 11) is 0. The zero-order valence-electron chi connectivity index (χ0n) is 13.6. The predicted molar refractivity (Wildman–Crippen MR) is 96.7 cm³/mol. The Balaban J connectivity index is 1.68. The molecule has 0 aliphatic heterocycles. The second kappa shape index (κ2) is 8.13. The molecule has 0 unspecified atom stereocenters. The van der Waals surface area contributed by atoms with E-state index in [0.29, 0.717) is 17.1 Å². The summed E-state index contributed by atoms with van der Waals surface area (Å²) in [6.45, 7) is 0.127. The maximum Gasteiger partial charge on any atom is 0.255 e. The number of ether oxygens (including phenoxy) is 1. The van der Waals surface area contributed by atoms with E-state index in [4.69, 9.17) is 4.74 Å². The highest BCUT2D eigenvalue weighted by Gasteiger charge is 2.14. The molecule has 3 rings (SSSR count). The SMILES string of the molecule is O=C(NC[C@H](O)c1ccccc1)c1ccccc1Oc1ccccc1. The Labute approximate surface area is 146 Å². The molecule has 0 aliphatic carbocycles. The number of hydrogen-bond acceptors (Lipinski definition) is 3. The van der Waals surface area contributed by atoms with Gasteiger partial charge in [0.15, 0.2) is 0 Å². The summed E-state index contributed by atoms with van der Waals surface area (Å²) in [5, 5.41) is 12.9. The third-order valence-electron chi connectivity index (χ3n) is 3.74. The molecule has 4 heteroatoms. The molecular weight excluding hydrogens is 314 g/mol. The lowest BCUT2D eigenvalue weighted by atomic mass is 10.1. The van der Waals surface area contributed by atoms with Gasteiger partial charge in [-0.05, 0) is 29.8 Å². The largest absolute Gasteiger partial charge is 0.457 e. The van der Waals surface area contributed by atoms with Crippen molar-refractivity contribution in [3.05, 3.63) is 96.1 Å². The predicted octanol–water partition coefficient (Wildman–Crippen LogP) is 3.94. The lowest BCUT2D eigenvalue weighted by Gasteiger charge is -2.14. The second-order valence-electron chi connectivity index (χ2n) is 5.55. The summed E-state index contributed by atoms with van der Waals surface area (Å²) >= 11 is 0. The van der Waals surface area contributed by atoms with Crippen molar-refractivity contribution in [2.75, 3.05) is 6.54 Å². The molecule has 0 fully saturated rings. The van der Waals surface area contributed by atoms with Crippen LogP contribution in [-0.4, -0.2) is 17.6 Å². The first-order valence-electron chi connectivity index (χ1n) is 8.07. The van der Waals surface area contributed by atoms with Gasteiger partial charge in [0.05, 0.1) is 11.7 Å². The second-order valence-corrected chi connectivity index (χ2v) is 5.55. The average molecular weight is 333 g/mol. The van der Waals surface area contributed by atoms with Crippen LogP contribution in [-0.2, 0) is 0 Å². The van der Waals surface area contributed by atoms with E-state index in [1.807, 2.05) is 66.7 Å². The lowest BCUT2D eigenvalue weighted by Crippen LogP contribution is -2.28. The minimum absolute atomic E-state index is 0.127. The molecule has 126 valence electrons. The van der Waals surface area contributed by atoms with E-state index in [2.05, 4.69) is 5.32 Å². The Morgan fingerprint density at radius 2 is 1.48 bits per heavy atom. The fourth-order valence-corrected chi connectivity index (χ4v) is 2.44. The van der Waals surface area contributed by atoms with Gasteiger partial charge >= 0.3 is 0 Å². The van der Waals surface area contributed by atoms with Gasteiger partial charge in [-0.15, -0.1) is 0 Å². The normalized spacial score (nSPS) is 11.6. The van der Waals surface area contributed by atoms with Crippen LogP contribution in [0.3, 0.4) is 0 Å². The van der Waals surface area contributed by atoms with E-state index < -0.39 is 6.10 Å². The number of nitrogens with one attached hydrogen (secondary N) is 1. The minimum Gasteiger partial charge on any atom is -0.457 e. The Morgan fingerprint density at radius 3 is 2.20 bits per heavy atom. The molecule has 4 nitrogen and oxygen atoms in total. The van der Waals surface area contributed by atoms with Crippen molar-refractivity contribution >= 4 is 5.91 Å². The zero-order valence-corrected chi connectivity index (χ0v) is 13.6. The van der Waals surface area contributed by atoms with E-state index in [0.717, 1.165) is 5.56 Å². The van der Waals surface area contributed by atoms with Crippen LogP contribution in [0.1, 0.15) is 22.0 Å². The van der Waals surface area contributed by atoms with Crippen LogP contribution in [0.15, 0.2) is 84.9 Å². The fraction of sp³-hybridized carbons (Fsp3) is 0.0952. The molecule has 25 heavy (non-hydrogen) atoms. The third kappa shape index (κ3) is 4.46. The van der Waals surface area contributed by atoms with Gasteiger partial charge in [-0.1, -0.05) is 60.7 Å². The highest BCUT2D eigenvalue weighted by molar-refractivity contribution is 5.97. The van der Waals surface area contributed by atoms with Crippen molar-refractivity contribution in [3.8, 4) is 11.5 Å². The number of para-hydroxylation sites is 2. The van der Waals surface area contributed by atoms with Crippen LogP contribution in [0.25, 0.3) is 0 Å². The first-order valence-corrected chi connectivity index (χ1v) is 8.07. The van der Waals surface area contributed by atoms with Crippen LogP contribution < -0.4 is 10.1 Å². The zero-order chi connectivity index (χ0) is 17.5. The van der Waals surface area contributed by atoms with Crippen LogP contribution >= 0.6 is 0 Å². The summed E-state index contributed by atoms with van der Waals surface area (Å²) in [5.74, 6) is 0.842. The number of hydrogen-bond donors (Lipinski definition) is 2. The quantitative estimate of drug-likeness (QED) is 0.718. The van der Waals surface area contributed by atoms with Crippen molar-refractivity contribution in [1.29, 1.82) is 0 Å². The summed E-state index contributed by atoms with van der Waals surface area (Å²) in [6, 6.07) is 25.6. The smallest absolute Gasteiger partial charge is 0.255 e. The molecule has 0 saturated carbocycles.